The molecule has 4 rings (SSSR count). The largest absolute Gasteiger partial charge is 0.457 e. The molecule has 0 unspecified atom stereocenters. The number of para-hydroxylation sites is 1. The molecule has 3 aromatic rings. The first-order valence-electron chi connectivity index (χ1n) is 7.35. The Balaban J connectivity index is 1.62. The van der Waals surface area contributed by atoms with Gasteiger partial charge in [0, 0.05) is 21.6 Å². The molecule has 0 saturated carbocycles. The Morgan fingerprint density at radius 2 is 1.79 bits per heavy atom. The Morgan fingerprint density at radius 1 is 1.00 bits per heavy atom. The van der Waals surface area contributed by atoms with Gasteiger partial charge in [0.1, 0.15) is 11.5 Å². The van der Waals surface area contributed by atoms with Crippen LogP contribution < -0.4 is 5.32 Å². The van der Waals surface area contributed by atoms with Gasteiger partial charge in [-0.1, -0.05) is 35.5 Å². The predicted octanol–water partition coefficient (Wildman–Crippen LogP) is 5.69. The van der Waals surface area contributed by atoms with Crippen LogP contribution in [0.1, 0.15) is 5.76 Å². The monoisotopic (exact) mass is 353 g/mol. The van der Waals surface area contributed by atoms with E-state index >= 15 is 0 Å². The van der Waals surface area contributed by atoms with Crippen molar-refractivity contribution < 1.29 is 9.21 Å². The lowest BCUT2D eigenvalue weighted by Gasteiger charge is -2.17. The molecule has 2 aromatic carbocycles. The topological polar surface area (TPSA) is 42.2 Å². The van der Waals surface area contributed by atoms with Crippen molar-refractivity contribution in [2.24, 2.45) is 0 Å². The van der Waals surface area contributed by atoms with E-state index in [0.29, 0.717) is 15.7 Å². The van der Waals surface area contributed by atoms with Crippen LogP contribution in [0.4, 0.5) is 5.69 Å². The Hall–Kier alpha value is -2.43. The zero-order valence-electron chi connectivity index (χ0n) is 12.5. The fourth-order valence-corrected chi connectivity index (χ4v) is 3.49. The second-order valence-electron chi connectivity index (χ2n) is 5.27. The minimum absolute atomic E-state index is 0.122. The van der Waals surface area contributed by atoms with Gasteiger partial charge in [-0.2, -0.15) is 0 Å². The number of thioether (sulfide) groups is 1. The van der Waals surface area contributed by atoms with Gasteiger partial charge in [0.2, 0.25) is 0 Å². The number of furan rings is 1. The smallest absolute Gasteiger partial charge is 0.262 e. The van der Waals surface area contributed by atoms with Gasteiger partial charge < -0.3 is 9.73 Å². The molecular weight excluding hydrogens is 342 g/mol. The lowest BCUT2D eigenvalue weighted by Crippen LogP contribution is -2.16. The fourth-order valence-electron chi connectivity index (χ4n) is 2.43. The Bertz CT molecular complexity index is 944. The Kier molecular flexibility index (Phi) is 3.92. The van der Waals surface area contributed by atoms with Gasteiger partial charge in [-0.3, -0.25) is 4.79 Å². The first-order chi connectivity index (χ1) is 11.7. The average Bonchev–Trinajstić information content (AvgIpc) is 3.05. The number of carbonyl (C=O) groups excluding carboxylic acids is 1. The van der Waals surface area contributed by atoms with E-state index in [-0.39, 0.29) is 5.91 Å². The molecule has 3 nitrogen and oxygen atoms in total. The molecule has 0 radical (unpaired) electrons. The number of carbonyl (C=O) groups is 1. The normalized spacial score (nSPS) is 15.2. The molecule has 0 spiro atoms. The van der Waals surface area contributed by atoms with E-state index in [0.717, 1.165) is 21.9 Å². The van der Waals surface area contributed by atoms with E-state index in [4.69, 9.17) is 16.0 Å². The summed E-state index contributed by atoms with van der Waals surface area (Å²) in [5.41, 5.74) is 1.78. The highest BCUT2D eigenvalue weighted by Crippen LogP contribution is 2.38. The first kappa shape index (κ1) is 15.1. The summed E-state index contributed by atoms with van der Waals surface area (Å²) >= 11 is 7.34. The standard InChI is InChI=1S/C19H12ClNO2S/c20-13-7-5-12(6-8-13)16-10-9-14(23-16)11-18-19(22)21-15-3-1-2-4-17(15)24-18/h1-11H,(H,21,22)/b18-11-. The van der Waals surface area contributed by atoms with Crippen molar-refractivity contribution in [2.75, 3.05) is 5.32 Å². The summed E-state index contributed by atoms with van der Waals surface area (Å²) in [5, 5.41) is 3.57. The summed E-state index contributed by atoms with van der Waals surface area (Å²) in [6.45, 7) is 0. The van der Waals surface area contributed by atoms with E-state index in [1.807, 2.05) is 60.7 Å². The van der Waals surface area contributed by atoms with Crippen LogP contribution in [0.5, 0.6) is 0 Å². The zero-order valence-corrected chi connectivity index (χ0v) is 14.0. The quantitative estimate of drug-likeness (QED) is 0.602. The summed E-state index contributed by atoms with van der Waals surface area (Å²) in [5.74, 6) is 1.25. The van der Waals surface area contributed by atoms with Crippen molar-refractivity contribution in [3.8, 4) is 11.3 Å². The number of rotatable bonds is 2. The van der Waals surface area contributed by atoms with Gasteiger partial charge in [0.25, 0.3) is 5.91 Å². The lowest BCUT2D eigenvalue weighted by atomic mass is 10.2. The number of anilines is 1. The highest BCUT2D eigenvalue weighted by atomic mass is 35.5. The highest BCUT2D eigenvalue weighted by Gasteiger charge is 2.21. The Labute approximate surface area is 148 Å². The van der Waals surface area contributed by atoms with Crippen molar-refractivity contribution in [1.82, 2.24) is 0 Å². The van der Waals surface area contributed by atoms with Gasteiger partial charge in [0.05, 0.1) is 10.6 Å². The number of nitrogens with one attached hydrogen (secondary N) is 1. The maximum Gasteiger partial charge on any atom is 0.262 e. The number of amides is 1. The van der Waals surface area contributed by atoms with Gasteiger partial charge >= 0.3 is 0 Å². The molecule has 1 amide bonds. The number of hydrogen-bond donors (Lipinski definition) is 1. The summed E-state index contributed by atoms with van der Waals surface area (Å²) in [6, 6.07) is 18.9. The van der Waals surface area contributed by atoms with Crippen LogP contribution >= 0.6 is 23.4 Å². The van der Waals surface area contributed by atoms with E-state index in [1.54, 1.807) is 6.08 Å². The molecule has 2 heterocycles. The second kappa shape index (κ2) is 6.23. The first-order valence-corrected chi connectivity index (χ1v) is 8.54. The van der Waals surface area contributed by atoms with E-state index in [2.05, 4.69) is 5.32 Å². The molecule has 5 heteroatoms. The van der Waals surface area contributed by atoms with Crippen molar-refractivity contribution in [1.29, 1.82) is 0 Å². The predicted molar refractivity (Wildman–Crippen MR) is 98.1 cm³/mol. The molecule has 1 aliphatic rings. The van der Waals surface area contributed by atoms with Gasteiger partial charge in [-0.05, 0) is 48.5 Å². The number of hydrogen-bond acceptors (Lipinski definition) is 3. The number of halogens is 1. The third-order valence-corrected chi connectivity index (χ3v) is 4.96. The summed E-state index contributed by atoms with van der Waals surface area (Å²) in [4.78, 5) is 13.8. The molecule has 0 aliphatic carbocycles. The van der Waals surface area contributed by atoms with Crippen LogP contribution in [0.3, 0.4) is 0 Å². The molecule has 0 fully saturated rings. The van der Waals surface area contributed by atoms with Crippen LogP contribution in [0.2, 0.25) is 5.02 Å². The van der Waals surface area contributed by atoms with Crippen LogP contribution in [0.25, 0.3) is 17.4 Å². The van der Waals surface area contributed by atoms with Crippen molar-refractivity contribution in [3.05, 3.63) is 76.4 Å². The Morgan fingerprint density at radius 3 is 2.62 bits per heavy atom. The SMILES string of the molecule is O=C1Nc2ccccc2S/C1=C\c1ccc(-c2ccc(Cl)cc2)o1. The molecule has 0 saturated heterocycles. The lowest BCUT2D eigenvalue weighted by molar-refractivity contribution is -0.112. The van der Waals surface area contributed by atoms with E-state index in [9.17, 15) is 4.79 Å². The zero-order chi connectivity index (χ0) is 16.5. The van der Waals surface area contributed by atoms with Crippen LogP contribution in [0, 0.1) is 0 Å². The second-order valence-corrected chi connectivity index (χ2v) is 6.79. The maximum atomic E-state index is 12.2. The van der Waals surface area contributed by atoms with Crippen molar-refractivity contribution in [3.63, 3.8) is 0 Å². The van der Waals surface area contributed by atoms with Gasteiger partial charge in [0.15, 0.2) is 0 Å². The van der Waals surface area contributed by atoms with Crippen molar-refractivity contribution >= 4 is 41.0 Å². The molecule has 1 N–H and O–H groups in total. The van der Waals surface area contributed by atoms with E-state index < -0.39 is 0 Å². The molecule has 1 aliphatic heterocycles. The minimum atomic E-state index is -0.122. The average molecular weight is 354 g/mol. The molecule has 1 aromatic heterocycles. The van der Waals surface area contributed by atoms with Crippen molar-refractivity contribution in [2.45, 2.75) is 4.90 Å². The highest BCUT2D eigenvalue weighted by molar-refractivity contribution is 8.04. The number of fused-ring (bicyclic) bond motifs is 1. The fraction of sp³-hybridized carbons (Fsp3) is 0. The summed E-state index contributed by atoms with van der Waals surface area (Å²) in [7, 11) is 0. The number of benzene rings is 2. The van der Waals surface area contributed by atoms with Gasteiger partial charge in [-0.25, -0.2) is 0 Å². The molecular formula is C19H12ClNO2S. The molecule has 24 heavy (non-hydrogen) atoms. The summed E-state index contributed by atoms with van der Waals surface area (Å²) < 4.78 is 5.84. The third kappa shape index (κ3) is 2.98. The molecule has 0 atom stereocenters. The molecule has 0 bridgehead atoms. The van der Waals surface area contributed by atoms with Crippen LogP contribution in [-0.4, -0.2) is 5.91 Å². The minimum Gasteiger partial charge on any atom is -0.457 e. The van der Waals surface area contributed by atoms with Crippen LogP contribution in [0.15, 0.2) is 74.9 Å². The summed E-state index contributed by atoms with van der Waals surface area (Å²) in [6.07, 6.45) is 1.76. The van der Waals surface area contributed by atoms with Gasteiger partial charge in [-0.15, -0.1) is 0 Å². The van der Waals surface area contributed by atoms with Crippen LogP contribution in [-0.2, 0) is 4.79 Å². The third-order valence-electron chi connectivity index (χ3n) is 3.61. The maximum absolute atomic E-state index is 12.2. The molecule has 118 valence electrons. The van der Waals surface area contributed by atoms with E-state index in [1.165, 1.54) is 11.8 Å².